The van der Waals surface area contributed by atoms with Gasteiger partial charge in [-0.1, -0.05) is 19.9 Å². The lowest BCUT2D eigenvalue weighted by Crippen LogP contribution is -2.24. The minimum atomic E-state index is -4.29. The van der Waals surface area contributed by atoms with Crippen LogP contribution in [-0.2, 0) is 10.9 Å². The second-order valence-electron chi connectivity index (χ2n) is 5.17. The highest BCUT2D eigenvalue weighted by molar-refractivity contribution is 5.38. The largest absolute Gasteiger partial charge is 0.416 e. The summed E-state index contributed by atoms with van der Waals surface area (Å²) in [6.07, 6.45) is -4.56. The van der Waals surface area contributed by atoms with Gasteiger partial charge in [0.1, 0.15) is 0 Å². The molecule has 1 aliphatic rings. The Morgan fingerprint density at radius 3 is 2.44 bits per heavy atom. The Labute approximate surface area is 105 Å². The molecule has 0 fully saturated rings. The third-order valence-corrected chi connectivity index (χ3v) is 3.58. The van der Waals surface area contributed by atoms with Crippen molar-refractivity contribution in [3.05, 3.63) is 34.9 Å². The molecule has 4 heteroatoms. The van der Waals surface area contributed by atoms with Gasteiger partial charge in [-0.25, -0.2) is 0 Å². The van der Waals surface area contributed by atoms with Crippen molar-refractivity contribution in [2.75, 3.05) is 6.61 Å². The van der Waals surface area contributed by atoms with Crippen LogP contribution < -0.4 is 0 Å². The summed E-state index contributed by atoms with van der Waals surface area (Å²) in [6, 6.07) is 4.02. The first-order valence-electron chi connectivity index (χ1n) is 6.13. The quantitative estimate of drug-likeness (QED) is 0.718. The summed E-state index contributed by atoms with van der Waals surface area (Å²) < 4.78 is 43.7. The highest BCUT2D eigenvalue weighted by Crippen LogP contribution is 2.40. The predicted octanol–water partition coefficient (Wildman–Crippen LogP) is 4.54. The Bertz CT molecular complexity index is 437. The first-order valence-corrected chi connectivity index (χ1v) is 6.13. The molecule has 0 bridgehead atoms. The third kappa shape index (κ3) is 2.39. The van der Waals surface area contributed by atoms with Gasteiger partial charge in [-0.15, -0.1) is 0 Å². The van der Waals surface area contributed by atoms with E-state index in [1.165, 1.54) is 12.1 Å². The van der Waals surface area contributed by atoms with E-state index in [0.29, 0.717) is 18.1 Å². The zero-order valence-corrected chi connectivity index (χ0v) is 10.7. The number of halogens is 3. The molecule has 0 aliphatic carbocycles. The van der Waals surface area contributed by atoms with Crippen molar-refractivity contribution < 1.29 is 17.9 Å². The minimum Gasteiger partial charge on any atom is -0.373 e. The fraction of sp³-hybridized carbons (Fsp3) is 0.571. The van der Waals surface area contributed by atoms with Crippen molar-refractivity contribution in [2.24, 2.45) is 5.92 Å². The summed E-state index contributed by atoms with van der Waals surface area (Å²) >= 11 is 0. The van der Waals surface area contributed by atoms with Crippen LogP contribution in [0.2, 0.25) is 0 Å². The number of fused-ring (bicyclic) bond motifs is 1. The Morgan fingerprint density at radius 2 is 1.89 bits per heavy atom. The van der Waals surface area contributed by atoms with Crippen LogP contribution in [0.1, 0.15) is 49.5 Å². The van der Waals surface area contributed by atoms with Gasteiger partial charge in [-0.2, -0.15) is 13.2 Å². The number of rotatable bonds is 1. The van der Waals surface area contributed by atoms with Gasteiger partial charge in [0.15, 0.2) is 0 Å². The molecule has 0 amide bonds. The molecule has 0 aromatic heterocycles. The van der Waals surface area contributed by atoms with Crippen molar-refractivity contribution in [1.82, 2.24) is 0 Å². The SMILES string of the molecule is CC(C)[C@@H]1CO[C@H](C)c2cc(C(F)(F)F)ccc21. The maximum absolute atomic E-state index is 12.7. The molecule has 0 N–H and O–H groups in total. The number of alkyl halides is 3. The highest BCUT2D eigenvalue weighted by atomic mass is 19.4. The summed E-state index contributed by atoms with van der Waals surface area (Å²) in [4.78, 5) is 0. The molecule has 0 radical (unpaired) electrons. The average molecular weight is 258 g/mol. The zero-order valence-electron chi connectivity index (χ0n) is 10.7. The van der Waals surface area contributed by atoms with E-state index in [4.69, 9.17) is 4.74 Å². The zero-order chi connectivity index (χ0) is 13.5. The van der Waals surface area contributed by atoms with Crippen LogP contribution >= 0.6 is 0 Å². The normalized spacial score (nSPS) is 24.2. The molecule has 1 nitrogen and oxygen atoms in total. The minimum absolute atomic E-state index is 0.179. The van der Waals surface area contributed by atoms with Crippen LogP contribution in [0, 0.1) is 5.92 Å². The van der Waals surface area contributed by atoms with E-state index in [1.807, 2.05) is 0 Å². The Hall–Kier alpha value is -1.03. The lowest BCUT2D eigenvalue weighted by Gasteiger charge is -2.33. The first kappa shape index (κ1) is 13.4. The summed E-state index contributed by atoms with van der Waals surface area (Å²) in [5.41, 5.74) is 1.08. The monoisotopic (exact) mass is 258 g/mol. The number of ether oxygens (including phenoxy) is 1. The topological polar surface area (TPSA) is 9.23 Å². The van der Waals surface area contributed by atoms with E-state index >= 15 is 0 Å². The lowest BCUT2D eigenvalue weighted by molar-refractivity contribution is -0.137. The summed E-state index contributed by atoms with van der Waals surface area (Å²) in [5.74, 6) is 0.534. The number of hydrogen-bond acceptors (Lipinski definition) is 1. The molecule has 0 spiro atoms. The van der Waals surface area contributed by atoms with Gasteiger partial charge in [0, 0.05) is 5.92 Å². The third-order valence-electron chi connectivity index (χ3n) is 3.58. The van der Waals surface area contributed by atoms with E-state index in [2.05, 4.69) is 13.8 Å². The first-order chi connectivity index (χ1) is 8.30. The summed E-state index contributed by atoms with van der Waals surface area (Å²) in [7, 11) is 0. The molecule has 18 heavy (non-hydrogen) atoms. The lowest BCUT2D eigenvalue weighted by atomic mass is 9.82. The highest BCUT2D eigenvalue weighted by Gasteiger charge is 2.34. The van der Waals surface area contributed by atoms with Crippen LogP contribution in [0.3, 0.4) is 0 Å². The van der Waals surface area contributed by atoms with Crippen LogP contribution in [0.25, 0.3) is 0 Å². The van der Waals surface area contributed by atoms with Gasteiger partial charge in [0.2, 0.25) is 0 Å². The van der Waals surface area contributed by atoms with Crippen molar-refractivity contribution in [3.8, 4) is 0 Å². The Morgan fingerprint density at radius 1 is 1.22 bits per heavy atom. The van der Waals surface area contributed by atoms with E-state index in [1.54, 1.807) is 13.0 Å². The molecule has 0 saturated carbocycles. The summed E-state index contributed by atoms with van der Waals surface area (Å²) in [6.45, 7) is 6.50. The smallest absolute Gasteiger partial charge is 0.373 e. The molecule has 100 valence electrons. The van der Waals surface area contributed by atoms with Crippen LogP contribution in [-0.4, -0.2) is 6.61 Å². The van der Waals surface area contributed by atoms with Crippen molar-refractivity contribution in [1.29, 1.82) is 0 Å². The fourth-order valence-electron chi connectivity index (χ4n) is 2.42. The van der Waals surface area contributed by atoms with Gasteiger partial charge in [0.25, 0.3) is 0 Å². The molecule has 1 heterocycles. The van der Waals surface area contributed by atoms with E-state index in [0.717, 1.165) is 5.56 Å². The molecular weight excluding hydrogens is 241 g/mol. The standard InChI is InChI=1S/C14H17F3O/c1-8(2)13-7-18-9(3)12-6-10(14(15,16)17)4-5-11(12)13/h4-6,8-9,13H,7H2,1-3H3/t9-,13+/m1/s1. The maximum Gasteiger partial charge on any atom is 0.416 e. The second-order valence-corrected chi connectivity index (χ2v) is 5.17. The van der Waals surface area contributed by atoms with Gasteiger partial charge >= 0.3 is 6.18 Å². The van der Waals surface area contributed by atoms with Gasteiger partial charge in [0.05, 0.1) is 18.3 Å². The van der Waals surface area contributed by atoms with Crippen LogP contribution in [0.4, 0.5) is 13.2 Å². The average Bonchev–Trinajstić information content (AvgIpc) is 2.27. The molecule has 1 aliphatic heterocycles. The van der Waals surface area contributed by atoms with Gasteiger partial charge < -0.3 is 4.74 Å². The molecule has 0 saturated heterocycles. The van der Waals surface area contributed by atoms with Gasteiger partial charge in [-0.3, -0.25) is 0 Å². The molecule has 2 atom stereocenters. The van der Waals surface area contributed by atoms with E-state index in [9.17, 15) is 13.2 Å². The second kappa shape index (κ2) is 4.57. The van der Waals surface area contributed by atoms with Gasteiger partial charge in [-0.05, 0) is 36.1 Å². The number of benzene rings is 1. The fourth-order valence-corrected chi connectivity index (χ4v) is 2.42. The van der Waals surface area contributed by atoms with Crippen LogP contribution in [0.5, 0.6) is 0 Å². The van der Waals surface area contributed by atoms with E-state index in [-0.39, 0.29) is 12.0 Å². The molecule has 2 rings (SSSR count). The molecule has 1 aromatic carbocycles. The molecule has 1 aromatic rings. The molecular formula is C14H17F3O. The summed E-state index contributed by atoms with van der Waals surface area (Å²) in [5, 5.41) is 0. The predicted molar refractivity (Wildman–Crippen MR) is 63.4 cm³/mol. The maximum atomic E-state index is 12.7. The van der Waals surface area contributed by atoms with Crippen molar-refractivity contribution >= 4 is 0 Å². The van der Waals surface area contributed by atoms with Crippen molar-refractivity contribution in [2.45, 2.75) is 39.0 Å². The Balaban J connectivity index is 2.47. The van der Waals surface area contributed by atoms with Crippen LogP contribution in [0.15, 0.2) is 18.2 Å². The number of hydrogen-bond donors (Lipinski definition) is 0. The van der Waals surface area contributed by atoms with Crippen molar-refractivity contribution in [3.63, 3.8) is 0 Å². The molecule has 0 unspecified atom stereocenters. The Kier molecular flexibility index (Phi) is 3.41. The van der Waals surface area contributed by atoms with E-state index < -0.39 is 11.7 Å².